The smallest absolute Gasteiger partial charge is 0.143 e. The zero-order valence-corrected chi connectivity index (χ0v) is 6.95. The fraction of sp³-hybridized carbons (Fsp3) is 0.250. The highest BCUT2D eigenvalue weighted by Crippen LogP contribution is 2.21. The van der Waals surface area contributed by atoms with Crippen LogP contribution >= 0.6 is 11.6 Å². The van der Waals surface area contributed by atoms with E-state index in [4.69, 9.17) is 17.3 Å². The van der Waals surface area contributed by atoms with E-state index in [0.29, 0.717) is 11.5 Å². The molecular formula is C8H9ClFN. The molecule has 60 valence electrons. The van der Waals surface area contributed by atoms with E-state index in [1.54, 1.807) is 6.08 Å². The molecule has 0 amide bonds. The van der Waals surface area contributed by atoms with Gasteiger partial charge in [0.2, 0.25) is 0 Å². The fourth-order valence-corrected chi connectivity index (χ4v) is 1.21. The van der Waals surface area contributed by atoms with Crippen molar-refractivity contribution in [3.8, 4) is 0 Å². The molecule has 0 saturated carbocycles. The minimum atomic E-state index is -0.428. The van der Waals surface area contributed by atoms with Crippen LogP contribution in [0.4, 0.5) is 4.39 Å². The molecule has 0 bridgehead atoms. The van der Waals surface area contributed by atoms with Gasteiger partial charge < -0.3 is 5.73 Å². The maximum absolute atomic E-state index is 12.8. The summed E-state index contributed by atoms with van der Waals surface area (Å²) >= 11 is 5.63. The second-order valence-electron chi connectivity index (χ2n) is 2.57. The molecule has 1 aliphatic rings. The minimum Gasteiger partial charge on any atom is -0.399 e. The number of nitrogens with two attached hydrogens (primary N) is 1. The lowest BCUT2D eigenvalue weighted by atomic mass is 10.2. The molecule has 2 N–H and O–H groups in total. The minimum absolute atomic E-state index is 0.245. The largest absolute Gasteiger partial charge is 0.399 e. The Morgan fingerprint density at radius 2 is 2.18 bits per heavy atom. The first-order valence-corrected chi connectivity index (χ1v) is 3.66. The van der Waals surface area contributed by atoms with E-state index < -0.39 is 5.83 Å². The maximum Gasteiger partial charge on any atom is 0.143 e. The Morgan fingerprint density at radius 1 is 1.55 bits per heavy atom. The second-order valence-corrected chi connectivity index (χ2v) is 3.01. The monoisotopic (exact) mass is 173 g/mol. The Kier molecular flexibility index (Phi) is 2.35. The number of hydrogen-bond acceptors (Lipinski definition) is 1. The van der Waals surface area contributed by atoms with Crippen molar-refractivity contribution in [2.45, 2.75) is 13.3 Å². The van der Waals surface area contributed by atoms with Gasteiger partial charge in [0.15, 0.2) is 0 Å². The van der Waals surface area contributed by atoms with E-state index in [1.165, 1.54) is 6.08 Å². The Labute approximate surface area is 70.0 Å². The molecule has 0 unspecified atom stereocenters. The summed E-state index contributed by atoms with van der Waals surface area (Å²) in [4.78, 5) is 0. The van der Waals surface area contributed by atoms with Gasteiger partial charge in [-0.05, 0) is 19.1 Å². The van der Waals surface area contributed by atoms with Crippen molar-refractivity contribution in [1.82, 2.24) is 0 Å². The number of allylic oxidation sites excluding steroid dienone is 5. The van der Waals surface area contributed by atoms with Crippen LogP contribution < -0.4 is 5.73 Å². The van der Waals surface area contributed by atoms with Gasteiger partial charge >= 0.3 is 0 Å². The molecule has 0 fully saturated rings. The first-order chi connectivity index (χ1) is 5.09. The molecule has 1 rings (SSSR count). The highest BCUT2D eigenvalue weighted by atomic mass is 35.5. The van der Waals surface area contributed by atoms with Crippen molar-refractivity contribution < 1.29 is 4.39 Å². The van der Waals surface area contributed by atoms with Gasteiger partial charge in [0.05, 0.1) is 0 Å². The first-order valence-electron chi connectivity index (χ1n) is 3.28. The van der Waals surface area contributed by atoms with Crippen molar-refractivity contribution in [2.24, 2.45) is 5.73 Å². The topological polar surface area (TPSA) is 26.0 Å². The lowest BCUT2D eigenvalue weighted by Gasteiger charge is -1.97. The standard InChI is InChI=1S/C8H9ClFN/c1-5-2-6(9)4-7(10)8(11)3-5/h2,4H,3,11H2,1H3. The summed E-state index contributed by atoms with van der Waals surface area (Å²) < 4.78 is 12.8. The molecule has 0 aromatic heterocycles. The second kappa shape index (κ2) is 3.09. The molecule has 3 heteroatoms. The predicted octanol–water partition coefficient (Wildman–Crippen LogP) is 2.60. The predicted molar refractivity (Wildman–Crippen MR) is 44.6 cm³/mol. The number of rotatable bonds is 0. The summed E-state index contributed by atoms with van der Waals surface area (Å²) in [5.41, 5.74) is 6.61. The first kappa shape index (κ1) is 8.34. The third-order valence-electron chi connectivity index (χ3n) is 1.42. The summed E-state index contributed by atoms with van der Waals surface area (Å²) in [7, 11) is 0. The summed E-state index contributed by atoms with van der Waals surface area (Å²) in [6.07, 6.45) is 3.40. The highest BCUT2D eigenvalue weighted by Gasteiger charge is 2.06. The molecule has 0 aromatic rings. The summed E-state index contributed by atoms with van der Waals surface area (Å²) in [5, 5.41) is 0.389. The SMILES string of the molecule is CC1=CC(Cl)=CC(F)=C(N)C1. The van der Waals surface area contributed by atoms with Crippen LogP contribution in [0.25, 0.3) is 0 Å². The number of hydrogen-bond donors (Lipinski definition) is 1. The van der Waals surface area contributed by atoms with E-state index in [0.717, 1.165) is 5.57 Å². The summed E-state index contributed by atoms with van der Waals surface area (Å²) in [6.45, 7) is 1.86. The molecule has 0 saturated heterocycles. The van der Waals surface area contributed by atoms with E-state index in [9.17, 15) is 4.39 Å². The molecule has 0 heterocycles. The highest BCUT2D eigenvalue weighted by molar-refractivity contribution is 6.31. The van der Waals surface area contributed by atoms with Gasteiger partial charge in [-0.1, -0.05) is 17.2 Å². The van der Waals surface area contributed by atoms with Gasteiger partial charge in [-0.3, -0.25) is 0 Å². The van der Waals surface area contributed by atoms with Gasteiger partial charge in [0, 0.05) is 17.2 Å². The lowest BCUT2D eigenvalue weighted by molar-refractivity contribution is 0.647. The molecule has 1 nitrogen and oxygen atoms in total. The maximum atomic E-state index is 12.8. The van der Waals surface area contributed by atoms with Crippen molar-refractivity contribution in [1.29, 1.82) is 0 Å². The van der Waals surface area contributed by atoms with Gasteiger partial charge in [0.25, 0.3) is 0 Å². The molecule has 0 aliphatic heterocycles. The van der Waals surface area contributed by atoms with Crippen molar-refractivity contribution >= 4 is 11.6 Å². The van der Waals surface area contributed by atoms with E-state index >= 15 is 0 Å². The van der Waals surface area contributed by atoms with Gasteiger partial charge in [0.1, 0.15) is 5.83 Å². The molecular weight excluding hydrogens is 165 g/mol. The van der Waals surface area contributed by atoms with Crippen LogP contribution in [0.15, 0.2) is 34.3 Å². The Bertz CT molecular complexity index is 263. The van der Waals surface area contributed by atoms with E-state index in [2.05, 4.69) is 0 Å². The zero-order chi connectivity index (χ0) is 8.43. The van der Waals surface area contributed by atoms with Crippen LogP contribution in [-0.2, 0) is 0 Å². The van der Waals surface area contributed by atoms with Crippen LogP contribution in [0.2, 0.25) is 0 Å². The molecule has 0 radical (unpaired) electrons. The van der Waals surface area contributed by atoms with E-state index in [1.807, 2.05) is 6.92 Å². The van der Waals surface area contributed by atoms with Crippen LogP contribution in [0.3, 0.4) is 0 Å². The van der Waals surface area contributed by atoms with E-state index in [-0.39, 0.29) is 5.70 Å². The van der Waals surface area contributed by atoms with Gasteiger partial charge in [-0.25, -0.2) is 4.39 Å². The molecule has 0 aromatic carbocycles. The average molecular weight is 174 g/mol. The van der Waals surface area contributed by atoms with Crippen LogP contribution in [0, 0.1) is 0 Å². The molecule has 1 aliphatic carbocycles. The quantitative estimate of drug-likeness (QED) is 0.599. The number of halogens is 2. The van der Waals surface area contributed by atoms with Crippen LogP contribution in [0.1, 0.15) is 13.3 Å². The van der Waals surface area contributed by atoms with Gasteiger partial charge in [-0.15, -0.1) is 0 Å². The lowest BCUT2D eigenvalue weighted by Crippen LogP contribution is -1.98. The van der Waals surface area contributed by atoms with Crippen LogP contribution in [-0.4, -0.2) is 0 Å². The van der Waals surface area contributed by atoms with Crippen molar-refractivity contribution in [2.75, 3.05) is 0 Å². The van der Waals surface area contributed by atoms with Crippen molar-refractivity contribution in [3.63, 3.8) is 0 Å². The third kappa shape index (κ3) is 2.09. The van der Waals surface area contributed by atoms with Crippen LogP contribution in [0.5, 0.6) is 0 Å². The Balaban J connectivity index is 3.04. The molecule has 11 heavy (non-hydrogen) atoms. The van der Waals surface area contributed by atoms with Crippen molar-refractivity contribution in [3.05, 3.63) is 34.3 Å². The summed E-state index contributed by atoms with van der Waals surface area (Å²) in [6, 6.07) is 0. The zero-order valence-electron chi connectivity index (χ0n) is 6.20. The molecule has 0 atom stereocenters. The summed E-state index contributed by atoms with van der Waals surface area (Å²) in [5.74, 6) is -0.428. The molecule has 0 spiro atoms. The Hall–Kier alpha value is -0.760. The average Bonchev–Trinajstić information content (AvgIpc) is 1.93. The normalized spacial score (nSPS) is 19.2. The Morgan fingerprint density at radius 3 is 2.82 bits per heavy atom. The third-order valence-corrected chi connectivity index (χ3v) is 1.64. The fourth-order valence-electron chi connectivity index (χ4n) is 0.927. The van der Waals surface area contributed by atoms with Gasteiger partial charge in [-0.2, -0.15) is 0 Å².